The van der Waals surface area contributed by atoms with Gasteiger partial charge in [-0.05, 0) is 47.8 Å². The zero-order valence-corrected chi connectivity index (χ0v) is 11.8. The second kappa shape index (κ2) is 3.81. The SMILES string of the molecule is Cc1cc2c(cc1[N+](=O)[O-])C(C)(C)CCC2(C)C. The first-order chi connectivity index (χ1) is 8.15. The summed E-state index contributed by atoms with van der Waals surface area (Å²) in [6.45, 7) is 10.6. The van der Waals surface area contributed by atoms with Gasteiger partial charge in [0.05, 0.1) is 4.92 Å². The van der Waals surface area contributed by atoms with E-state index >= 15 is 0 Å². The Morgan fingerprint density at radius 2 is 1.50 bits per heavy atom. The van der Waals surface area contributed by atoms with Crippen molar-refractivity contribution in [3.8, 4) is 0 Å². The molecule has 0 unspecified atom stereocenters. The van der Waals surface area contributed by atoms with Gasteiger partial charge < -0.3 is 0 Å². The summed E-state index contributed by atoms with van der Waals surface area (Å²) in [5, 5.41) is 11.1. The van der Waals surface area contributed by atoms with Gasteiger partial charge in [-0.2, -0.15) is 0 Å². The molecule has 0 aliphatic heterocycles. The van der Waals surface area contributed by atoms with Gasteiger partial charge in [-0.25, -0.2) is 0 Å². The Balaban J connectivity index is 2.73. The summed E-state index contributed by atoms with van der Waals surface area (Å²) in [7, 11) is 0. The molecule has 98 valence electrons. The quantitative estimate of drug-likeness (QED) is 0.550. The van der Waals surface area contributed by atoms with Gasteiger partial charge in [0.2, 0.25) is 0 Å². The number of aryl methyl sites for hydroxylation is 1. The van der Waals surface area contributed by atoms with Crippen LogP contribution in [0.1, 0.15) is 57.2 Å². The van der Waals surface area contributed by atoms with Gasteiger partial charge in [0.25, 0.3) is 5.69 Å². The van der Waals surface area contributed by atoms with E-state index in [0.717, 1.165) is 24.0 Å². The van der Waals surface area contributed by atoms with Crippen LogP contribution in [-0.2, 0) is 10.8 Å². The fourth-order valence-electron chi connectivity index (χ4n) is 2.91. The van der Waals surface area contributed by atoms with Crippen molar-refractivity contribution in [1.82, 2.24) is 0 Å². The van der Waals surface area contributed by atoms with E-state index in [1.807, 2.05) is 13.0 Å². The highest BCUT2D eigenvalue weighted by Crippen LogP contribution is 2.47. The average Bonchev–Trinajstić information content (AvgIpc) is 2.24. The largest absolute Gasteiger partial charge is 0.272 e. The molecule has 0 amide bonds. The minimum Gasteiger partial charge on any atom is -0.258 e. The molecule has 1 aromatic carbocycles. The molecule has 1 aliphatic rings. The Hall–Kier alpha value is -1.38. The molecule has 0 saturated carbocycles. The van der Waals surface area contributed by atoms with Crippen molar-refractivity contribution >= 4 is 5.69 Å². The highest BCUT2D eigenvalue weighted by Gasteiger charge is 2.38. The first kappa shape index (κ1) is 13.1. The van der Waals surface area contributed by atoms with E-state index in [1.165, 1.54) is 5.56 Å². The van der Waals surface area contributed by atoms with E-state index in [4.69, 9.17) is 0 Å². The second-order valence-corrected chi connectivity index (χ2v) is 6.71. The third-order valence-electron chi connectivity index (χ3n) is 4.37. The molecule has 0 N–H and O–H groups in total. The second-order valence-electron chi connectivity index (χ2n) is 6.71. The molecule has 0 spiro atoms. The fourth-order valence-corrected chi connectivity index (χ4v) is 2.91. The number of nitro groups is 1. The molecule has 0 bridgehead atoms. The molecule has 3 heteroatoms. The number of rotatable bonds is 1. The number of benzene rings is 1. The summed E-state index contributed by atoms with van der Waals surface area (Å²) in [5.41, 5.74) is 3.59. The van der Waals surface area contributed by atoms with E-state index in [9.17, 15) is 10.1 Å². The Morgan fingerprint density at radius 1 is 1.06 bits per heavy atom. The van der Waals surface area contributed by atoms with Gasteiger partial charge in [-0.15, -0.1) is 0 Å². The standard InChI is InChI=1S/C15H21NO2/c1-10-8-11-12(9-13(10)16(17)18)15(4,5)7-6-14(11,2)3/h8-9H,6-7H2,1-5H3. The van der Waals surface area contributed by atoms with Crippen molar-refractivity contribution < 1.29 is 4.92 Å². The van der Waals surface area contributed by atoms with Gasteiger partial charge in [0.1, 0.15) is 0 Å². The molecule has 1 aliphatic carbocycles. The van der Waals surface area contributed by atoms with Crippen LogP contribution in [0.15, 0.2) is 12.1 Å². The van der Waals surface area contributed by atoms with E-state index in [1.54, 1.807) is 6.07 Å². The molecule has 0 heterocycles. The molecule has 3 nitrogen and oxygen atoms in total. The normalized spacial score (nSPS) is 20.3. The van der Waals surface area contributed by atoms with Crippen molar-refractivity contribution in [2.45, 2.75) is 58.3 Å². The minimum atomic E-state index is -0.271. The maximum Gasteiger partial charge on any atom is 0.272 e. The first-order valence-electron chi connectivity index (χ1n) is 6.45. The molecular weight excluding hydrogens is 226 g/mol. The Labute approximate surface area is 108 Å². The maximum atomic E-state index is 11.1. The third kappa shape index (κ3) is 1.92. The van der Waals surface area contributed by atoms with Gasteiger partial charge in [0, 0.05) is 11.6 Å². The van der Waals surface area contributed by atoms with Crippen LogP contribution in [-0.4, -0.2) is 4.92 Å². The molecule has 18 heavy (non-hydrogen) atoms. The maximum absolute atomic E-state index is 11.1. The third-order valence-corrected chi connectivity index (χ3v) is 4.37. The topological polar surface area (TPSA) is 43.1 Å². The van der Waals surface area contributed by atoms with E-state index < -0.39 is 0 Å². The minimum absolute atomic E-state index is 0.0311. The Kier molecular flexibility index (Phi) is 2.76. The highest BCUT2D eigenvalue weighted by molar-refractivity contribution is 5.52. The van der Waals surface area contributed by atoms with Crippen LogP contribution in [0.5, 0.6) is 0 Å². The van der Waals surface area contributed by atoms with Gasteiger partial charge in [0.15, 0.2) is 0 Å². The smallest absolute Gasteiger partial charge is 0.258 e. The van der Waals surface area contributed by atoms with Crippen LogP contribution in [0, 0.1) is 17.0 Å². The number of hydrogen-bond acceptors (Lipinski definition) is 2. The molecule has 0 atom stereocenters. The van der Waals surface area contributed by atoms with Gasteiger partial charge in [-0.1, -0.05) is 27.7 Å². The molecule has 0 radical (unpaired) electrons. The zero-order valence-electron chi connectivity index (χ0n) is 11.8. The molecular formula is C15H21NO2. The lowest BCUT2D eigenvalue weighted by atomic mass is 9.63. The van der Waals surface area contributed by atoms with Crippen LogP contribution in [0.4, 0.5) is 5.69 Å². The highest BCUT2D eigenvalue weighted by atomic mass is 16.6. The monoisotopic (exact) mass is 247 g/mol. The number of hydrogen-bond donors (Lipinski definition) is 0. The number of nitrogens with zero attached hydrogens (tertiary/aromatic N) is 1. The summed E-state index contributed by atoms with van der Waals surface area (Å²) in [4.78, 5) is 10.8. The molecule has 0 fully saturated rings. The first-order valence-corrected chi connectivity index (χ1v) is 6.45. The van der Waals surface area contributed by atoms with Crippen molar-refractivity contribution in [3.63, 3.8) is 0 Å². The predicted octanol–water partition coefficient (Wildman–Crippen LogP) is 4.25. The summed E-state index contributed by atoms with van der Waals surface area (Å²) >= 11 is 0. The van der Waals surface area contributed by atoms with Crippen LogP contribution >= 0.6 is 0 Å². The summed E-state index contributed by atoms with van der Waals surface area (Å²) in [6, 6.07) is 3.82. The van der Waals surface area contributed by atoms with Crippen molar-refractivity contribution in [2.75, 3.05) is 0 Å². The molecule has 0 aromatic heterocycles. The lowest BCUT2D eigenvalue weighted by molar-refractivity contribution is -0.385. The lowest BCUT2D eigenvalue weighted by Gasteiger charge is -2.41. The summed E-state index contributed by atoms with van der Waals surface area (Å²) in [6.07, 6.45) is 2.21. The predicted molar refractivity (Wildman–Crippen MR) is 73.1 cm³/mol. The van der Waals surface area contributed by atoms with E-state index in [-0.39, 0.29) is 21.4 Å². The van der Waals surface area contributed by atoms with Crippen LogP contribution < -0.4 is 0 Å². The number of nitro benzene ring substituents is 1. The van der Waals surface area contributed by atoms with Gasteiger partial charge >= 0.3 is 0 Å². The van der Waals surface area contributed by atoms with E-state index in [2.05, 4.69) is 27.7 Å². The van der Waals surface area contributed by atoms with Crippen LogP contribution in [0.2, 0.25) is 0 Å². The molecule has 1 aromatic rings. The average molecular weight is 247 g/mol. The van der Waals surface area contributed by atoms with Crippen molar-refractivity contribution in [1.29, 1.82) is 0 Å². The lowest BCUT2D eigenvalue weighted by Crippen LogP contribution is -2.34. The number of fused-ring (bicyclic) bond motifs is 1. The zero-order chi connectivity index (χ0) is 13.7. The molecule has 2 rings (SSSR count). The Morgan fingerprint density at radius 3 is 1.94 bits per heavy atom. The molecule has 0 saturated heterocycles. The van der Waals surface area contributed by atoms with Crippen LogP contribution in [0.25, 0.3) is 0 Å². The Bertz CT molecular complexity index is 515. The van der Waals surface area contributed by atoms with Gasteiger partial charge in [-0.3, -0.25) is 10.1 Å². The van der Waals surface area contributed by atoms with Crippen molar-refractivity contribution in [3.05, 3.63) is 38.9 Å². The summed E-state index contributed by atoms with van der Waals surface area (Å²) < 4.78 is 0. The fraction of sp³-hybridized carbons (Fsp3) is 0.600. The van der Waals surface area contributed by atoms with Crippen LogP contribution in [0.3, 0.4) is 0 Å². The summed E-state index contributed by atoms with van der Waals surface area (Å²) in [5.74, 6) is 0. The van der Waals surface area contributed by atoms with E-state index in [0.29, 0.717) is 0 Å². The van der Waals surface area contributed by atoms with Crippen molar-refractivity contribution in [2.24, 2.45) is 0 Å².